The maximum Gasteiger partial charge on any atom is 0.171 e. The molecule has 0 spiro atoms. The van der Waals surface area contributed by atoms with Gasteiger partial charge in [0.25, 0.3) is 0 Å². The number of hydrogen-bond acceptors (Lipinski definition) is 3. The van der Waals surface area contributed by atoms with Crippen molar-refractivity contribution < 1.29 is 9.53 Å². The Morgan fingerprint density at radius 3 is 2.42 bits per heavy atom. The Kier molecular flexibility index (Phi) is 4.47. The molecule has 2 N–H and O–H groups in total. The van der Waals surface area contributed by atoms with E-state index in [2.05, 4.69) is 22.8 Å². The summed E-state index contributed by atoms with van der Waals surface area (Å²) in [4.78, 5) is 13.0. The number of ketones is 1. The average molecular weight is 364 g/mol. The minimum atomic E-state index is -0.214. The van der Waals surface area contributed by atoms with Gasteiger partial charge in [-0.05, 0) is 47.8 Å². The van der Waals surface area contributed by atoms with Gasteiger partial charge in [0.05, 0.1) is 13.2 Å². The van der Waals surface area contributed by atoms with Crippen molar-refractivity contribution in [3.05, 3.63) is 77.0 Å². The molecule has 26 heavy (non-hydrogen) atoms. The van der Waals surface area contributed by atoms with Crippen LogP contribution in [-0.2, 0) is 4.79 Å². The van der Waals surface area contributed by atoms with Crippen molar-refractivity contribution in [1.29, 1.82) is 0 Å². The highest BCUT2D eigenvalue weighted by Crippen LogP contribution is 2.39. The zero-order valence-corrected chi connectivity index (χ0v) is 15.3. The second-order valence-electron chi connectivity index (χ2n) is 6.64. The highest BCUT2D eigenvalue weighted by molar-refractivity contribution is 7.80. The van der Waals surface area contributed by atoms with E-state index in [9.17, 15) is 4.79 Å². The molecule has 0 radical (unpaired) electrons. The monoisotopic (exact) mass is 364 g/mol. The van der Waals surface area contributed by atoms with Gasteiger partial charge in [0, 0.05) is 17.7 Å². The first-order chi connectivity index (χ1) is 12.7. The molecule has 0 saturated carbocycles. The summed E-state index contributed by atoms with van der Waals surface area (Å²) in [6.45, 7) is 0. The van der Waals surface area contributed by atoms with Gasteiger partial charge < -0.3 is 15.4 Å². The molecule has 0 unspecified atom stereocenters. The van der Waals surface area contributed by atoms with Gasteiger partial charge in [-0.25, -0.2) is 0 Å². The average Bonchev–Trinajstić information content (AvgIpc) is 2.67. The molecule has 4 rings (SSSR count). The van der Waals surface area contributed by atoms with E-state index >= 15 is 0 Å². The summed E-state index contributed by atoms with van der Waals surface area (Å²) < 4.78 is 5.23. The lowest BCUT2D eigenvalue weighted by molar-refractivity contribution is -0.116. The minimum absolute atomic E-state index is 0.170. The number of methoxy groups -OCH3 is 1. The van der Waals surface area contributed by atoms with Crippen molar-refractivity contribution in [3.63, 3.8) is 0 Å². The van der Waals surface area contributed by atoms with Crippen molar-refractivity contribution in [1.82, 2.24) is 10.6 Å². The molecule has 1 heterocycles. The molecule has 0 fully saturated rings. The Morgan fingerprint density at radius 1 is 1.00 bits per heavy atom. The van der Waals surface area contributed by atoms with E-state index < -0.39 is 0 Å². The van der Waals surface area contributed by atoms with Gasteiger partial charge >= 0.3 is 0 Å². The fraction of sp³-hybridized carbons (Fsp3) is 0.238. The number of hydrogen-bond donors (Lipinski definition) is 2. The Hall–Kier alpha value is -2.66. The topological polar surface area (TPSA) is 50.4 Å². The highest BCUT2D eigenvalue weighted by atomic mass is 32.1. The number of thiocarbonyl (C=S) groups is 1. The number of allylic oxidation sites excluding steroid dienone is 1. The summed E-state index contributed by atoms with van der Waals surface area (Å²) >= 11 is 5.40. The number of Topliss-reactive ketones (excluding diaryl/α,β-unsaturated/α-hetero) is 1. The minimum Gasteiger partial charge on any atom is -0.497 e. The van der Waals surface area contributed by atoms with Gasteiger partial charge in [-0.15, -0.1) is 0 Å². The Bertz CT molecular complexity index is 875. The molecule has 1 aliphatic heterocycles. The zero-order valence-electron chi connectivity index (χ0n) is 14.5. The maximum atomic E-state index is 13.0. The predicted octanol–water partition coefficient (Wildman–Crippen LogP) is 3.61. The van der Waals surface area contributed by atoms with Crippen LogP contribution in [0.4, 0.5) is 0 Å². The van der Waals surface area contributed by atoms with Crippen molar-refractivity contribution in [2.24, 2.45) is 0 Å². The fourth-order valence-electron chi connectivity index (χ4n) is 3.77. The number of carbonyl (C=O) groups excluding carboxylic acids is 1. The molecule has 0 amide bonds. The highest BCUT2D eigenvalue weighted by Gasteiger charge is 2.36. The number of benzene rings is 2. The maximum absolute atomic E-state index is 13.0. The summed E-state index contributed by atoms with van der Waals surface area (Å²) in [7, 11) is 1.64. The third-order valence-corrected chi connectivity index (χ3v) is 5.28. The smallest absolute Gasteiger partial charge is 0.171 e. The molecule has 4 nitrogen and oxygen atoms in total. The van der Waals surface area contributed by atoms with Crippen molar-refractivity contribution >= 4 is 23.1 Å². The van der Waals surface area contributed by atoms with Gasteiger partial charge in [-0.1, -0.05) is 42.5 Å². The number of nitrogens with one attached hydrogen (secondary N) is 2. The van der Waals surface area contributed by atoms with Crippen LogP contribution in [0.15, 0.2) is 65.9 Å². The van der Waals surface area contributed by atoms with Crippen molar-refractivity contribution in [3.8, 4) is 5.75 Å². The number of carbonyl (C=O) groups is 1. The van der Waals surface area contributed by atoms with Crippen LogP contribution in [0.1, 0.15) is 35.9 Å². The normalized spacial score (nSPS) is 22.3. The Labute approximate surface area is 158 Å². The van der Waals surface area contributed by atoms with E-state index in [0.29, 0.717) is 11.5 Å². The molecule has 0 saturated heterocycles. The van der Waals surface area contributed by atoms with Gasteiger partial charge in [-0.3, -0.25) is 4.79 Å². The molecule has 0 bridgehead atoms. The molecule has 132 valence electrons. The first kappa shape index (κ1) is 16.8. The van der Waals surface area contributed by atoms with Crippen molar-refractivity contribution in [2.45, 2.75) is 24.8 Å². The second kappa shape index (κ2) is 6.92. The molecule has 5 heteroatoms. The van der Waals surface area contributed by atoms with Crippen LogP contribution in [0.3, 0.4) is 0 Å². The van der Waals surface area contributed by atoms with E-state index in [1.54, 1.807) is 7.11 Å². The quantitative estimate of drug-likeness (QED) is 0.815. The summed E-state index contributed by atoms with van der Waals surface area (Å²) in [5.74, 6) is 1.15. The molecular weight excluding hydrogens is 344 g/mol. The van der Waals surface area contributed by atoms with Crippen LogP contribution in [-0.4, -0.2) is 18.0 Å². The van der Waals surface area contributed by atoms with Crippen LogP contribution in [0.2, 0.25) is 0 Å². The largest absolute Gasteiger partial charge is 0.497 e. The van der Waals surface area contributed by atoms with E-state index in [4.69, 9.17) is 17.0 Å². The summed E-state index contributed by atoms with van der Waals surface area (Å²) in [5, 5.41) is 7.04. The van der Waals surface area contributed by atoms with Crippen LogP contribution >= 0.6 is 12.2 Å². The third kappa shape index (κ3) is 3.10. The van der Waals surface area contributed by atoms with Crippen LogP contribution in [0, 0.1) is 0 Å². The second-order valence-corrected chi connectivity index (χ2v) is 7.04. The number of ether oxygens (including phenoxy) is 1. The zero-order chi connectivity index (χ0) is 18.1. The van der Waals surface area contributed by atoms with Crippen LogP contribution in [0.25, 0.3) is 0 Å². The lowest BCUT2D eigenvalue weighted by Gasteiger charge is -2.36. The third-order valence-electron chi connectivity index (χ3n) is 5.06. The van der Waals surface area contributed by atoms with Gasteiger partial charge in [0.15, 0.2) is 10.9 Å². The molecule has 2 aliphatic rings. The van der Waals surface area contributed by atoms with E-state index in [-0.39, 0.29) is 17.7 Å². The molecule has 2 aromatic rings. The number of rotatable bonds is 3. The first-order valence-electron chi connectivity index (χ1n) is 8.68. The standard InChI is InChI=1S/C21H20N2O2S/c1-25-16-9-7-14(8-10-16)20-19-17(22-21(26)23-20)11-15(12-18(19)24)13-5-3-2-4-6-13/h2-10,15,20H,11-12H2,1H3,(H2,22,23,26)/t15-,20+/m0/s1. The SMILES string of the molecule is COc1ccc([C@H]2NC(=S)NC3=C2C(=O)C[C@@H](c2ccccc2)C3)cc1. The molecule has 2 atom stereocenters. The fourth-order valence-corrected chi connectivity index (χ4v) is 4.01. The van der Waals surface area contributed by atoms with Gasteiger partial charge in [0.1, 0.15) is 5.75 Å². The van der Waals surface area contributed by atoms with Crippen LogP contribution in [0.5, 0.6) is 5.75 Å². The lowest BCUT2D eigenvalue weighted by Crippen LogP contribution is -2.47. The van der Waals surface area contributed by atoms with Crippen LogP contribution < -0.4 is 15.4 Å². The molecule has 1 aliphatic carbocycles. The molecular formula is C21H20N2O2S. The lowest BCUT2D eigenvalue weighted by atomic mass is 9.78. The van der Waals surface area contributed by atoms with E-state index in [1.165, 1.54) is 5.56 Å². The predicted molar refractivity (Wildman–Crippen MR) is 105 cm³/mol. The van der Waals surface area contributed by atoms with Gasteiger partial charge in [-0.2, -0.15) is 0 Å². The summed E-state index contributed by atoms with van der Waals surface area (Å²) in [6, 6.07) is 17.8. The van der Waals surface area contributed by atoms with Crippen molar-refractivity contribution in [2.75, 3.05) is 7.11 Å². The first-order valence-corrected chi connectivity index (χ1v) is 9.09. The summed E-state index contributed by atoms with van der Waals surface area (Å²) in [5.41, 5.74) is 3.95. The Morgan fingerprint density at radius 2 is 1.73 bits per heavy atom. The van der Waals surface area contributed by atoms with E-state index in [1.807, 2.05) is 42.5 Å². The Balaban J connectivity index is 1.69. The van der Waals surface area contributed by atoms with Gasteiger partial charge in [0.2, 0.25) is 0 Å². The molecule has 0 aromatic heterocycles. The molecule has 2 aromatic carbocycles. The van der Waals surface area contributed by atoms with E-state index in [0.717, 1.165) is 29.0 Å². The summed E-state index contributed by atoms with van der Waals surface area (Å²) in [6.07, 6.45) is 1.31.